The number of aliphatic hydroxyl groups excluding tert-OH is 1. The van der Waals surface area contributed by atoms with Gasteiger partial charge in [0.05, 0.1) is 29.5 Å². The summed E-state index contributed by atoms with van der Waals surface area (Å²) in [5.41, 5.74) is 3.58. The SMILES string of the molecule is CC(C)c1cc(CNC(CO)C(=O)O)c(OCc2cccc(C#N)c2)cc1OCc1cccn(-c2ccc3c(c2)OCCO3)c1=O. The summed E-state index contributed by atoms with van der Waals surface area (Å²) in [4.78, 5) is 25.1. The van der Waals surface area contributed by atoms with E-state index in [2.05, 4.69) is 11.4 Å². The maximum Gasteiger partial charge on any atom is 0.323 e. The Morgan fingerprint density at radius 2 is 1.76 bits per heavy atom. The molecule has 1 aliphatic rings. The van der Waals surface area contributed by atoms with Crippen molar-refractivity contribution in [3.8, 4) is 34.8 Å². The van der Waals surface area contributed by atoms with Crippen molar-refractivity contribution < 1.29 is 34.0 Å². The van der Waals surface area contributed by atoms with Crippen LogP contribution in [0.5, 0.6) is 23.0 Å². The van der Waals surface area contributed by atoms with Gasteiger partial charge in [-0.3, -0.25) is 19.5 Å². The monoisotopic (exact) mass is 625 g/mol. The van der Waals surface area contributed by atoms with Gasteiger partial charge in [0.25, 0.3) is 5.56 Å². The smallest absolute Gasteiger partial charge is 0.323 e. The Labute approximate surface area is 266 Å². The molecule has 11 heteroatoms. The van der Waals surface area contributed by atoms with Crippen LogP contribution in [0, 0.1) is 11.3 Å². The number of carbonyl (C=O) groups is 1. The van der Waals surface area contributed by atoms with Crippen molar-refractivity contribution in [1.82, 2.24) is 9.88 Å². The first-order chi connectivity index (χ1) is 22.3. The summed E-state index contributed by atoms with van der Waals surface area (Å²) in [6.07, 6.45) is 1.68. The second kappa shape index (κ2) is 14.6. The van der Waals surface area contributed by atoms with E-state index < -0.39 is 18.6 Å². The molecule has 5 rings (SSSR count). The standard InChI is InChI=1S/C35H35N3O8/c1-22(2)28-14-26(18-37-29(19-39)35(41)42)31(45-20-24-6-3-5-23(13-24)17-36)16-32(28)46-21-25-7-4-10-38(34(25)40)27-8-9-30-33(15-27)44-12-11-43-30/h3-10,13-16,22,29,37,39H,11-12,18-21H2,1-2H3,(H,41,42). The fourth-order valence-corrected chi connectivity index (χ4v) is 5.02. The molecule has 0 fully saturated rings. The minimum atomic E-state index is -1.17. The Morgan fingerprint density at radius 3 is 2.50 bits per heavy atom. The number of benzene rings is 3. The van der Waals surface area contributed by atoms with Crippen molar-refractivity contribution in [3.05, 3.63) is 111 Å². The number of hydrogen-bond donors (Lipinski definition) is 3. The molecule has 0 radical (unpaired) electrons. The second-order valence-corrected chi connectivity index (χ2v) is 11.0. The van der Waals surface area contributed by atoms with Gasteiger partial charge in [0.2, 0.25) is 0 Å². The summed E-state index contributed by atoms with van der Waals surface area (Å²) in [6.45, 7) is 4.56. The maximum atomic E-state index is 13.5. The molecule has 238 valence electrons. The van der Waals surface area contributed by atoms with Gasteiger partial charge in [0, 0.05) is 30.4 Å². The van der Waals surface area contributed by atoms with Crippen LogP contribution in [0.3, 0.4) is 0 Å². The number of aromatic nitrogens is 1. The zero-order valence-corrected chi connectivity index (χ0v) is 25.6. The Hall–Kier alpha value is -5.31. The Kier molecular flexibility index (Phi) is 10.2. The average molecular weight is 626 g/mol. The molecular formula is C35H35N3O8. The van der Waals surface area contributed by atoms with Crippen molar-refractivity contribution in [1.29, 1.82) is 5.26 Å². The molecule has 1 atom stereocenters. The van der Waals surface area contributed by atoms with Crippen LogP contribution in [-0.2, 0) is 24.6 Å². The Bertz CT molecular complexity index is 1810. The Morgan fingerprint density at radius 1 is 0.978 bits per heavy atom. The number of nitrogens with one attached hydrogen (secondary N) is 1. The van der Waals surface area contributed by atoms with E-state index in [0.29, 0.717) is 58.6 Å². The molecule has 4 aromatic rings. The third kappa shape index (κ3) is 7.48. The first kappa shape index (κ1) is 32.1. The van der Waals surface area contributed by atoms with Crippen molar-refractivity contribution >= 4 is 5.97 Å². The minimum Gasteiger partial charge on any atom is -0.488 e. The quantitative estimate of drug-likeness (QED) is 0.196. The number of fused-ring (bicyclic) bond motifs is 1. The molecule has 11 nitrogen and oxygen atoms in total. The van der Waals surface area contributed by atoms with Gasteiger partial charge in [-0.15, -0.1) is 0 Å². The topological polar surface area (TPSA) is 152 Å². The molecule has 0 saturated heterocycles. The molecule has 46 heavy (non-hydrogen) atoms. The summed E-state index contributed by atoms with van der Waals surface area (Å²) >= 11 is 0. The van der Waals surface area contributed by atoms with Crippen LogP contribution in [0.2, 0.25) is 0 Å². The van der Waals surface area contributed by atoms with Crippen LogP contribution < -0.4 is 29.8 Å². The predicted octanol–water partition coefficient (Wildman–Crippen LogP) is 4.30. The maximum absolute atomic E-state index is 13.5. The lowest BCUT2D eigenvalue weighted by molar-refractivity contribution is -0.140. The van der Waals surface area contributed by atoms with Gasteiger partial charge in [-0.1, -0.05) is 26.0 Å². The van der Waals surface area contributed by atoms with Crippen molar-refractivity contribution in [2.24, 2.45) is 0 Å². The molecule has 0 amide bonds. The van der Waals surface area contributed by atoms with Gasteiger partial charge in [-0.25, -0.2) is 0 Å². The van der Waals surface area contributed by atoms with Crippen LogP contribution in [-0.4, -0.2) is 46.6 Å². The zero-order valence-electron chi connectivity index (χ0n) is 25.6. The molecule has 3 N–H and O–H groups in total. The number of ether oxygens (including phenoxy) is 4. The number of rotatable bonds is 13. The van der Waals surface area contributed by atoms with E-state index in [0.717, 1.165) is 11.1 Å². The zero-order chi connectivity index (χ0) is 32.6. The van der Waals surface area contributed by atoms with Gasteiger partial charge in [0.1, 0.15) is 44.0 Å². The van der Waals surface area contributed by atoms with E-state index in [4.69, 9.17) is 18.9 Å². The van der Waals surface area contributed by atoms with Gasteiger partial charge < -0.3 is 29.2 Å². The fourth-order valence-electron chi connectivity index (χ4n) is 5.02. The van der Waals surface area contributed by atoms with Crippen molar-refractivity contribution in [2.45, 2.75) is 45.6 Å². The predicted molar refractivity (Wildman–Crippen MR) is 169 cm³/mol. The number of aliphatic hydroxyl groups is 1. The molecule has 3 aromatic carbocycles. The molecule has 1 aromatic heterocycles. The molecular weight excluding hydrogens is 590 g/mol. The number of carboxylic acids is 1. The van der Waals surface area contributed by atoms with E-state index in [9.17, 15) is 25.1 Å². The largest absolute Gasteiger partial charge is 0.488 e. The number of nitrogens with zero attached hydrogens (tertiary/aromatic N) is 2. The molecule has 0 saturated carbocycles. The lowest BCUT2D eigenvalue weighted by Crippen LogP contribution is -2.39. The summed E-state index contributed by atoms with van der Waals surface area (Å²) in [6, 6.07) is 20.4. The van der Waals surface area contributed by atoms with Crippen molar-refractivity contribution in [2.75, 3.05) is 19.8 Å². The van der Waals surface area contributed by atoms with Crippen LogP contribution in [0.4, 0.5) is 0 Å². The molecule has 0 aliphatic carbocycles. The molecule has 1 unspecified atom stereocenters. The highest BCUT2D eigenvalue weighted by Gasteiger charge is 2.20. The van der Waals surface area contributed by atoms with Gasteiger partial charge >= 0.3 is 5.97 Å². The van der Waals surface area contributed by atoms with Crippen LogP contribution in [0.25, 0.3) is 5.69 Å². The first-order valence-electron chi connectivity index (χ1n) is 14.9. The lowest BCUT2D eigenvalue weighted by atomic mass is 9.98. The summed E-state index contributed by atoms with van der Waals surface area (Å²) in [7, 11) is 0. The van der Waals surface area contributed by atoms with Crippen LogP contribution in [0.1, 0.15) is 47.6 Å². The molecule has 1 aliphatic heterocycles. The van der Waals surface area contributed by atoms with Crippen molar-refractivity contribution in [3.63, 3.8) is 0 Å². The summed E-state index contributed by atoms with van der Waals surface area (Å²) in [5, 5.41) is 31.1. The van der Waals surface area contributed by atoms with Gasteiger partial charge in [0.15, 0.2) is 11.5 Å². The fraction of sp³-hybridized carbons (Fsp3) is 0.286. The van der Waals surface area contributed by atoms with Crippen LogP contribution >= 0.6 is 0 Å². The number of nitriles is 1. The highest BCUT2D eigenvalue weighted by Crippen LogP contribution is 2.35. The normalized spacial score (nSPS) is 12.8. The molecule has 0 bridgehead atoms. The molecule has 0 spiro atoms. The first-order valence-corrected chi connectivity index (χ1v) is 14.9. The molecule has 2 heterocycles. The lowest BCUT2D eigenvalue weighted by Gasteiger charge is -2.21. The third-order valence-corrected chi connectivity index (χ3v) is 7.50. The van der Waals surface area contributed by atoms with E-state index in [1.54, 1.807) is 60.8 Å². The third-order valence-electron chi connectivity index (χ3n) is 7.50. The minimum absolute atomic E-state index is 0.00775. The highest BCUT2D eigenvalue weighted by molar-refractivity contribution is 5.73. The van der Waals surface area contributed by atoms with E-state index in [1.807, 2.05) is 26.0 Å². The highest BCUT2D eigenvalue weighted by atomic mass is 16.6. The number of pyridine rings is 1. The number of hydrogen-bond acceptors (Lipinski definition) is 9. The summed E-state index contributed by atoms with van der Waals surface area (Å²) < 4.78 is 25.3. The van der Waals surface area contributed by atoms with E-state index in [1.165, 1.54) is 4.57 Å². The Balaban J connectivity index is 1.43. The second-order valence-electron chi connectivity index (χ2n) is 11.0. The van der Waals surface area contributed by atoms with Crippen LogP contribution in [0.15, 0.2) is 77.7 Å². The average Bonchev–Trinajstić information content (AvgIpc) is 3.07. The van der Waals surface area contributed by atoms with Gasteiger partial charge in [-0.2, -0.15) is 5.26 Å². The summed E-state index contributed by atoms with van der Waals surface area (Å²) in [5.74, 6) is 0.978. The number of carboxylic acid groups (broad SMARTS) is 1. The number of aliphatic carboxylic acids is 1. The van der Waals surface area contributed by atoms with Gasteiger partial charge in [-0.05, 0) is 59.5 Å². The van der Waals surface area contributed by atoms with E-state index >= 15 is 0 Å². The van der Waals surface area contributed by atoms with E-state index in [-0.39, 0.29) is 31.2 Å².